The summed E-state index contributed by atoms with van der Waals surface area (Å²) in [7, 11) is -0.335. The summed E-state index contributed by atoms with van der Waals surface area (Å²) in [4.78, 5) is 7.48. The molecule has 1 aromatic carbocycles. The Kier molecular flexibility index (Phi) is 6.01. The average molecular weight is 473 g/mol. The number of benzene rings is 1. The van der Waals surface area contributed by atoms with Gasteiger partial charge < -0.3 is 4.57 Å². The van der Waals surface area contributed by atoms with Gasteiger partial charge in [-0.25, -0.2) is 17.8 Å². The first kappa shape index (κ1) is 23.3. The van der Waals surface area contributed by atoms with Gasteiger partial charge in [-0.1, -0.05) is 34.4 Å². The molecule has 0 aliphatic carbocycles. The van der Waals surface area contributed by atoms with E-state index in [1.165, 1.54) is 24.6 Å². The summed E-state index contributed by atoms with van der Waals surface area (Å²) in [6.45, 7) is 2.73. The van der Waals surface area contributed by atoms with Crippen LogP contribution in [-0.4, -0.2) is 28.7 Å². The number of alkyl halides is 4. The van der Waals surface area contributed by atoms with Gasteiger partial charge in [0.25, 0.3) is 0 Å². The number of rotatable bonds is 5. The molecule has 2 heterocycles. The minimum absolute atomic E-state index is 0.0787. The van der Waals surface area contributed by atoms with Crippen molar-refractivity contribution in [3.8, 4) is 22.8 Å². The maximum atomic E-state index is 14.3. The van der Waals surface area contributed by atoms with E-state index in [1.54, 1.807) is 31.3 Å². The van der Waals surface area contributed by atoms with Crippen molar-refractivity contribution in [3.05, 3.63) is 53.9 Å². The van der Waals surface area contributed by atoms with Gasteiger partial charge in [-0.05, 0) is 24.6 Å². The SMILES string of the molecule is CCS(=O)(=O)c1cc(C(F)(F)F)cnc1-c1ncc(-c2cccc(C(C)(F)P)c2)n1C. The van der Waals surface area contributed by atoms with Gasteiger partial charge in [0.1, 0.15) is 11.1 Å². The Morgan fingerprint density at radius 1 is 1.06 bits per heavy atom. The number of nitrogens with zero attached hydrogens (tertiary/aromatic N) is 3. The van der Waals surface area contributed by atoms with Crippen molar-refractivity contribution in [1.29, 1.82) is 0 Å². The lowest BCUT2D eigenvalue weighted by atomic mass is 10.1. The molecule has 3 aromatic rings. The molecule has 3 rings (SSSR count). The van der Waals surface area contributed by atoms with Crippen molar-refractivity contribution >= 4 is 19.1 Å². The van der Waals surface area contributed by atoms with Crippen molar-refractivity contribution in [1.82, 2.24) is 14.5 Å². The molecule has 0 radical (unpaired) electrons. The molecular formula is C20H20F4N3O2PS. The molecule has 11 heteroatoms. The van der Waals surface area contributed by atoms with E-state index in [1.807, 2.05) is 0 Å². The first-order valence-electron chi connectivity index (χ1n) is 9.16. The van der Waals surface area contributed by atoms with E-state index in [0.717, 1.165) is 0 Å². The van der Waals surface area contributed by atoms with Crippen LogP contribution in [0, 0.1) is 0 Å². The zero-order chi connectivity index (χ0) is 23.2. The van der Waals surface area contributed by atoms with Gasteiger partial charge in [0.2, 0.25) is 0 Å². The molecule has 0 aliphatic rings. The number of pyridine rings is 1. The normalized spacial score (nSPS) is 14.5. The Labute approximate surface area is 179 Å². The maximum absolute atomic E-state index is 14.3. The molecule has 0 saturated carbocycles. The molecule has 0 aliphatic heterocycles. The van der Waals surface area contributed by atoms with Crippen molar-refractivity contribution < 1.29 is 26.0 Å². The summed E-state index contributed by atoms with van der Waals surface area (Å²) in [5, 5.41) is -1.66. The molecule has 2 aromatic heterocycles. The van der Waals surface area contributed by atoms with E-state index in [-0.39, 0.29) is 11.5 Å². The van der Waals surface area contributed by atoms with Crippen molar-refractivity contribution in [2.75, 3.05) is 5.75 Å². The molecular weight excluding hydrogens is 453 g/mol. The predicted molar refractivity (Wildman–Crippen MR) is 113 cm³/mol. The Hall–Kier alpha value is -2.32. The third-order valence-electron chi connectivity index (χ3n) is 4.82. The van der Waals surface area contributed by atoms with Gasteiger partial charge in [-0.15, -0.1) is 0 Å². The first-order chi connectivity index (χ1) is 14.3. The summed E-state index contributed by atoms with van der Waals surface area (Å²) in [5.41, 5.74) is 0.193. The van der Waals surface area contributed by atoms with Crippen LogP contribution in [0.15, 0.2) is 47.6 Å². The number of hydrogen-bond acceptors (Lipinski definition) is 4. The standard InChI is InChI=1S/C20H20F4N3O2PS/c1-4-31(28,29)16-9-14(20(22,23)24)10-25-17(16)18-26-11-15(27(18)3)12-6-5-7-13(8-12)19(2,21)30/h5-11H,4,30H2,1-3H3. The van der Waals surface area contributed by atoms with E-state index >= 15 is 0 Å². The third kappa shape index (κ3) is 4.65. The molecule has 0 N–H and O–H groups in total. The van der Waals surface area contributed by atoms with E-state index in [0.29, 0.717) is 29.1 Å². The van der Waals surface area contributed by atoms with Crippen LogP contribution in [0.2, 0.25) is 0 Å². The van der Waals surface area contributed by atoms with Crippen LogP contribution in [0.4, 0.5) is 17.6 Å². The van der Waals surface area contributed by atoms with Crippen LogP contribution in [0.25, 0.3) is 22.8 Å². The highest BCUT2D eigenvalue weighted by atomic mass is 32.2. The van der Waals surface area contributed by atoms with E-state index in [2.05, 4.69) is 19.2 Å². The fourth-order valence-corrected chi connectivity index (χ4v) is 4.28. The van der Waals surface area contributed by atoms with Crippen molar-refractivity contribution in [2.45, 2.75) is 30.3 Å². The summed E-state index contributed by atoms with van der Waals surface area (Å²) in [6, 6.07) is 7.22. The number of halogens is 4. The predicted octanol–water partition coefficient (Wildman–Crippen LogP) is 4.98. The molecule has 5 nitrogen and oxygen atoms in total. The van der Waals surface area contributed by atoms with Crippen LogP contribution in [0.1, 0.15) is 25.0 Å². The van der Waals surface area contributed by atoms with Crippen molar-refractivity contribution in [3.63, 3.8) is 0 Å². The summed E-state index contributed by atoms with van der Waals surface area (Å²) in [6.07, 6.45) is -2.72. The zero-order valence-electron chi connectivity index (χ0n) is 16.9. The summed E-state index contributed by atoms with van der Waals surface area (Å²) >= 11 is 0. The molecule has 0 amide bonds. The van der Waals surface area contributed by atoms with Crippen molar-refractivity contribution in [2.24, 2.45) is 7.05 Å². The molecule has 2 unspecified atom stereocenters. The Morgan fingerprint density at radius 3 is 2.32 bits per heavy atom. The second-order valence-corrected chi connectivity index (χ2v) is 10.5. The Morgan fingerprint density at radius 2 is 1.74 bits per heavy atom. The minimum atomic E-state index is -4.74. The molecule has 31 heavy (non-hydrogen) atoms. The topological polar surface area (TPSA) is 64.8 Å². The Balaban J connectivity index is 2.19. The molecule has 0 saturated heterocycles. The first-order valence-corrected chi connectivity index (χ1v) is 11.4. The maximum Gasteiger partial charge on any atom is 0.417 e. The minimum Gasteiger partial charge on any atom is -0.326 e. The van der Waals surface area contributed by atoms with Gasteiger partial charge in [0.05, 0.1) is 28.1 Å². The molecule has 0 fully saturated rings. The van der Waals surface area contributed by atoms with Crippen LogP contribution < -0.4 is 0 Å². The van der Waals surface area contributed by atoms with Gasteiger partial charge in [0, 0.05) is 18.8 Å². The molecule has 0 spiro atoms. The van der Waals surface area contributed by atoms with E-state index < -0.39 is 37.6 Å². The molecule has 166 valence electrons. The highest BCUT2D eigenvalue weighted by molar-refractivity contribution is 7.91. The van der Waals surface area contributed by atoms with Gasteiger partial charge in [-0.2, -0.15) is 13.2 Å². The monoisotopic (exact) mass is 473 g/mol. The lowest BCUT2D eigenvalue weighted by Crippen LogP contribution is -2.13. The smallest absolute Gasteiger partial charge is 0.326 e. The summed E-state index contributed by atoms with van der Waals surface area (Å²) in [5.74, 6) is -0.319. The largest absolute Gasteiger partial charge is 0.417 e. The van der Waals surface area contributed by atoms with E-state index in [4.69, 9.17) is 0 Å². The van der Waals surface area contributed by atoms with Gasteiger partial charge in [-0.3, -0.25) is 4.98 Å². The quantitative estimate of drug-likeness (QED) is 0.387. The van der Waals surface area contributed by atoms with Gasteiger partial charge in [0.15, 0.2) is 15.7 Å². The fourth-order valence-electron chi connectivity index (χ4n) is 3.04. The van der Waals surface area contributed by atoms with Crippen LogP contribution in [0.3, 0.4) is 0 Å². The average Bonchev–Trinajstić information content (AvgIpc) is 3.07. The second kappa shape index (κ2) is 7.98. The highest BCUT2D eigenvalue weighted by Crippen LogP contribution is 2.37. The fraction of sp³-hybridized carbons (Fsp3) is 0.300. The van der Waals surface area contributed by atoms with Gasteiger partial charge >= 0.3 is 6.18 Å². The van der Waals surface area contributed by atoms with Crippen LogP contribution in [0.5, 0.6) is 0 Å². The zero-order valence-corrected chi connectivity index (χ0v) is 18.9. The van der Waals surface area contributed by atoms with Crippen LogP contribution >= 0.6 is 9.24 Å². The van der Waals surface area contributed by atoms with Crippen LogP contribution in [-0.2, 0) is 28.5 Å². The molecule has 2 atom stereocenters. The lowest BCUT2D eigenvalue weighted by Gasteiger charge is -2.16. The summed E-state index contributed by atoms with van der Waals surface area (Å²) < 4.78 is 80.3. The number of sulfone groups is 1. The highest BCUT2D eigenvalue weighted by Gasteiger charge is 2.34. The lowest BCUT2D eigenvalue weighted by molar-refractivity contribution is -0.138. The van der Waals surface area contributed by atoms with E-state index in [9.17, 15) is 26.0 Å². The Bertz CT molecular complexity index is 1230. The number of aromatic nitrogens is 3. The second-order valence-electron chi connectivity index (χ2n) is 7.15. The number of hydrogen-bond donors (Lipinski definition) is 0. The molecule has 0 bridgehead atoms. The third-order valence-corrected chi connectivity index (χ3v) is 6.89. The number of imidazole rings is 1.